The normalized spacial score (nSPS) is 14.7. The van der Waals surface area contributed by atoms with Crippen LogP contribution in [0, 0.1) is 0 Å². The zero-order valence-electron chi connectivity index (χ0n) is 20.2. The van der Waals surface area contributed by atoms with Gasteiger partial charge in [-0.05, 0) is 78.9 Å². The minimum absolute atomic E-state index is 0.0213. The molecule has 204 valence electrons. The van der Waals surface area contributed by atoms with Gasteiger partial charge in [0.05, 0.1) is 28.1 Å². The monoisotopic (exact) mass is 627 g/mol. The van der Waals surface area contributed by atoms with Crippen molar-refractivity contribution in [2.75, 3.05) is 19.8 Å². The highest BCUT2D eigenvalue weighted by atomic mass is 35.5. The van der Waals surface area contributed by atoms with Gasteiger partial charge in [0.15, 0.2) is 5.75 Å². The van der Waals surface area contributed by atoms with E-state index in [1.807, 2.05) is 0 Å². The van der Waals surface area contributed by atoms with Crippen molar-refractivity contribution in [1.29, 1.82) is 0 Å². The van der Waals surface area contributed by atoms with Crippen molar-refractivity contribution >= 4 is 73.9 Å². The van der Waals surface area contributed by atoms with Gasteiger partial charge >= 0.3 is 10.1 Å². The Morgan fingerprint density at radius 1 is 0.923 bits per heavy atom. The molecule has 1 aliphatic rings. The summed E-state index contributed by atoms with van der Waals surface area (Å²) in [4.78, 5) is 26.5. The lowest BCUT2D eigenvalue weighted by atomic mass is 10.2. The summed E-state index contributed by atoms with van der Waals surface area (Å²) in [6.07, 6.45) is 1.46. The van der Waals surface area contributed by atoms with Crippen molar-refractivity contribution in [3.8, 4) is 17.2 Å². The molecule has 3 aromatic carbocycles. The second kappa shape index (κ2) is 12.5. The van der Waals surface area contributed by atoms with E-state index in [1.165, 1.54) is 42.5 Å². The number of thioether (sulfide) groups is 1. The predicted octanol–water partition coefficient (Wildman–Crippen LogP) is 6.93. The molecule has 0 atom stereocenters. The second-order valence-electron chi connectivity index (χ2n) is 7.87. The fourth-order valence-electron chi connectivity index (χ4n) is 3.43. The summed E-state index contributed by atoms with van der Waals surface area (Å²) < 4.78 is 42.1. The molecule has 0 unspecified atom stereocenters. The van der Waals surface area contributed by atoms with E-state index >= 15 is 0 Å². The van der Waals surface area contributed by atoms with Crippen LogP contribution in [-0.2, 0) is 14.9 Å². The van der Waals surface area contributed by atoms with Crippen LogP contribution in [0.15, 0.2) is 70.5 Å². The minimum atomic E-state index is -4.25. The molecule has 0 radical (unpaired) electrons. The van der Waals surface area contributed by atoms with E-state index in [1.54, 1.807) is 31.2 Å². The Kier molecular flexibility index (Phi) is 9.35. The number of hydrogen-bond donors (Lipinski definition) is 0. The van der Waals surface area contributed by atoms with Crippen molar-refractivity contribution in [3.05, 3.63) is 86.2 Å². The summed E-state index contributed by atoms with van der Waals surface area (Å²) in [5, 5.41) is 0.252. The Morgan fingerprint density at radius 2 is 1.64 bits per heavy atom. The van der Waals surface area contributed by atoms with Gasteiger partial charge in [-0.15, -0.1) is 0 Å². The molecule has 1 saturated heterocycles. The highest BCUT2D eigenvalue weighted by Crippen LogP contribution is 2.40. The second-order valence-corrected chi connectivity index (χ2v) is 11.7. The number of rotatable bonds is 10. The average molecular weight is 629 g/mol. The van der Waals surface area contributed by atoms with Crippen molar-refractivity contribution in [2.45, 2.75) is 11.8 Å². The lowest BCUT2D eigenvalue weighted by Gasteiger charge is -2.15. The first-order valence-corrected chi connectivity index (χ1v) is 14.7. The number of halogens is 3. The summed E-state index contributed by atoms with van der Waals surface area (Å²) in [5.74, 6) is -0.232. The first-order chi connectivity index (χ1) is 18.6. The number of carbonyl (C=O) groups excluding carboxylic acids is 2. The first kappa shape index (κ1) is 29.1. The zero-order valence-corrected chi connectivity index (χ0v) is 24.1. The van der Waals surface area contributed by atoms with Gasteiger partial charge in [0.2, 0.25) is 5.75 Å². The Hall–Kier alpha value is -2.89. The van der Waals surface area contributed by atoms with Crippen LogP contribution in [0.2, 0.25) is 15.1 Å². The van der Waals surface area contributed by atoms with E-state index in [-0.39, 0.29) is 46.1 Å². The molecule has 0 bridgehead atoms. The van der Waals surface area contributed by atoms with Gasteiger partial charge in [-0.2, -0.15) is 8.42 Å². The number of para-hydroxylation sites is 1. The van der Waals surface area contributed by atoms with Gasteiger partial charge in [-0.25, -0.2) is 0 Å². The molecule has 0 aliphatic carbocycles. The largest absolute Gasteiger partial charge is 0.490 e. The third-order valence-electron chi connectivity index (χ3n) is 5.21. The molecular weight excluding hydrogens is 609 g/mol. The molecule has 3 aromatic rings. The molecule has 0 saturated carbocycles. The van der Waals surface area contributed by atoms with E-state index in [4.69, 9.17) is 48.5 Å². The maximum atomic E-state index is 12.9. The van der Waals surface area contributed by atoms with Crippen LogP contribution >= 0.6 is 46.6 Å². The first-order valence-electron chi connectivity index (χ1n) is 11.4. The van der Waals surface area contributed by atoms with Gasteiger partial charge in [-0.3, -0.25) is 14.5 Å². The van der Waals surface area contributed by atoms with Gasteiger partial charge in [0.25, 0.3) is 11.1 Å². The molecule has 1 heterocycles. The van der Waals surface area contributed by atoms with Crippen LogP contribution in [0.1, 0.15) is 12.5 Å². The number of nitrogens with zero attached hydrogens (tertiary/aromatic N) is 1. The van der Waals surface area contributed by atoms with Gasteiger partial charge < -0.3 is 13.7 Å². The van der Waals surface area contributed by atoms with E-state index in [0.717, 1.165) is 16.7 Å². The molecule has 13 heteroatoms. The number of amides is 2. The van der Waals surface area contributed by atoms with Gasteiger partial charge in [-0.1, -0.05) is 46.9 Å². The lowest BCUT2D eigenvalue weighted by molar-refractivity contribution is -0.123. The lowest BCUT2D eigenvalue weighted by Crippen LogP contribution is -2.32. The van der Waals surface area contributed by atoms with Crippen molar-refractivity contribution in [2.24, 2.45) is 0 Å². The van der Waals surface area contributed by atoms with E-state index < -0.39 is 21.3 Å². The topological polar surface area (TPSA) is 99.2 Å². The highest BCUT2D eigenvalue weighted by molar-refractivity contribution is 8.18. The fraction of sp³-hybridized carbons (Fsp3) is 0.154. The average Bonchev–Trinajstić information content (AvgIpc) is 3.15. The summed E-state index contributed by atoms with van der Waals surface area (Å²) in [5.41, 5.74) is 0.400. The molecule has 39 heavy (non-hydrogen) atoms. The Morgan fingerprint density at radius 3 is 2.33 bits per heavy atom. The predicted molar refractivity (Wildman–Crippen MR) is 152 cm³/mol. The molecule has 4 rings (SSSR count). The molecule has 0 N–H and O–H groups in total. The van der Waals surface area contributed by atoms with Gasteiger partial charge in [0.1, 0.15) is 17.3 Å². The molecule has 0 aromatic heterocycles. The van der Waals surface area contributed by atoms with Crippen LogP contribution in [0.4, 0.5) is 4.79 Å². The maximum absolute atomic E-state index is 12.9. The fourth-order valence-corrected chi connectivity index (χ4v) is 5.87. The van der Waals surface area contributed by atoms with Crippen LogP contribution in [0.25, 0.3) is 6.08 Å². The molecular formula is C26H20Cl3NO7S2. The van der Waals surface area contributed by atoms with Crippen molar-refractivity contribution in [3.63, 3.8) is 0 Å². The minimum Gasteiger partial charge on any atom is -0.490 e. The number of benzene rings is 3. The number of hydrogen-bond acceptors (Lipinski definition) is 8. The Balaban J connectivity index is 1.53. The molecule has 1 fully saturated rings. The summed E-state index contributed by atoms with van der Waals surface area (Å²) in [6, 6.07) is 15.2. The standard InChI is InChI=1S/C26H20Cl3NO7S2/c1-2-35-22-14-16(13-20(29)24(22)37-39(33,34)18-9-7-17(27)8-10-18)15-23-25(31)30(26(32)38-23)11-12-36-21-6-4-3-5-19(21)28/h3-10,13-15H,2,11-12H2,1H3/b23-15-. The third-order valence-corrected chi connectivity index (χ3v) is 8.20. The van der Waals surface area contributed by atoms with Gasteiger partial charge in [0, 0.05) is 5.02 Å². The Bertz CT molecular complexity index is 1540. The summed E-state index contributed by atoms with van der Waals surface area (Å²) in [7, 11) is -4.25. The van der Waals surface area contributed by atoms with E-state index in [0.29, 0.717) is 21.4 Å². The van der Waals surface area contributed by atoms with E-state index in [9.17, 15) is 18.0 Å². The number of ether oxygens (including phenoxy) is 2. The highest BCUT2D eigenvalue weighted by Gasteiger charge is 2.35. The molecule has 0 spiro atoms. The van der Waals surface area contributed by atoms with Crippen LogP contribution in [-0.4, -0.2) is 44.2 Å². The number of imide groups is 1. The van der Waals surface area contributed by atoms with Crippen molar-refractivity contribution < 1.29 is 31.7 Å². The van der Waals surface area contributed by atoms with Crippen LogP contribution < -0.4 is 13.7 Å². The number of carbonyl (C=O) groups is 2. The summed E-state index contributed by atoms with van der Waals surface area (Å²) >= 11 is 19.1. The smallest absolute Gasteiger partial charge is 0.339 e. The maximum Gasteiger partial charge on any atom is 0.339 e. The third kappa shape index (κ3) is 7.01. The van der Waals surface area contributed by atoms with Crippen LogP contribution in [0.3, 0.4) is 0 Å². The quantitative estimate of drug-likeness (QED) is 0.176. The van der Waals surface area contributed by atoms with Crippen molar-refractivity contribution in [1.82, 2.24) is 4.90 Å². The Labute approximate surface area is 244 Å². The zero-order chi connectivity index (χ0) is 28.2. The molecule has 2 amide bonds. The summed E-state index contributed by atoms with van der Waals surface area (Å²) in [6.45, 7) is 1.96. The molecule has 8 nitrogen and oxygen atoms in total. The SMILES string of the molecule is CCOc1cc(/C=C2\SC(=O)N(CCOc3ccccc3Cl)C2=O)cc(Cl)c1OS(=O)(=O)c1ccc(Cl)cc1. The molecule has 1 aliphatic heterocycles. The van der Waals surface area contributed by atoms with E-state index in [2.05, 4.69) is 0 Å². The van der Waals surface area contributed by atoms with Crippen LogP contribution in [0.5, 0.6) is 17.2 Å².